The van der Waals surface area contributed by atoms with E-state index < -0.39 is 29.2 Å². The van der Waals surface area contributed by atoms with Gasteiger partial charge in [0.2, 0.25) is 0 Å². The number of esters is 1. The molecule has 0 aliphatic rings. The van der Waals surface area contributed by atoms with Crippen molar-refractivity contribution in [3.8, 4) is 22.8 Å². The van der Waals surface area contributed by atoms with Crippen molar-refractivity contribution in [2.75, 3.05) is 13.2 Å². The number of hydrogen-bond donors (Lipinski definition) is 0. The van der Waals surface area contributed by atoms with Gasteiger partial charge in [-0.15, -0.1) is 0 Å². The van der Waals surface area contributed by atoms with Crippen molar-refractivity contribution >= 4 is 5.97 Å². The molecule has 0 saturated heterocycles. The molecule has 0 fully saturated rings. The molecule has 0 aliphatic heterocycles. The maximum atomic E-state index is 14.5. The van der Waals surface area contributed by atoms with Gasteiger partial charge < -0.3 is 9.47 Å². The molecule has 0 unspecified atom stereocenters. The van der Waals surface area contributed by atoms with Gasteiger partial charge in [-0.25, -0.2) is 18.9 Å². The fourth-order valence-corrected chi connectivity index (χ4v) is 5.01. The van der Waals surface area contributed by atoms with Crippen LogP contribution in [0.15, 0.2) is 79.3 Å². The van der Waals surface area contributed by atoms with E-state index in [4.69, 9.17) is 9.47 Å². The summed E-state index contributed by atoms with van der Waals surface area (Å²) in [5.41, 5.74) is 1.57. The summed E-state index contributed by atoms with van der Waals surface area (Å²) in [6, 6.07) is 16.5. The molecular weight excluding hydrogens is 590 g/mol. The first-order chi connectivity index (χ1) is 21.6. The van der Waals surface area contributed by atoms with E-state index in [0.29, 0.717) is 29.7 Å². The van der Waals surface area contributed by atoms with Gasteiger partial charge in [0.15, 0.2) is 11.5 Å². The minimum Gasteiger partial charge on any atom is -0.494 e. The van der Waals surface area contributed by atoms with Gasteiger partial charge in [-0.05, 0) is 85.8 Å². The molecule has 8 nitrogen and oxygen atoms in total. The molecule has 12 heteroatoms. The first kappa shape index (κ1) is 31.4. The summed E-state index contributed by atoms with van der Waals surface area (Å²) in [5.74, 6) is -1.06. The molecule has 5 rings (SSSR count). The number of aromatic nitrogens is 5. The summed E-state index contributed by atoms with van der Waals surface area (Å²) in [6.45, 7) is 4.71. The Morgan fingerprint density at radius 2 is 1.78 bits per heavy atom. The summed E-state index contributed by atoms with van der Waals surface area (Å²) in [6.07, 6.45) is 1.50. The van der Waals surface area contributed by atoms with Crippen molar-refractivity contribution in [1.29, 1.82) is 0 Å². The average Bonchev–Trinajstić information content (AvgIpc) is 3.70. The van der Waals surface area contributed by atoms with Gasteiger partial charge in [0, 0.05) is 30.9 Å². The van der Waals surface area contributed by atoms with Gasteiger partial charge in [0.1, 0.15) is 17.1 Å². The third-order valence-electron chi connectivity index (χ3n) is 7.17. The predicted octanol–water partition coefficient (Wildman–Crippen LogP) is 7.03. The lowest BCUT2D eigenvalue weighted by molar-refractivity contribution is -0.143. The Bertz CT molecular complexity index is 1770. The minimum atomic E-state index is -4.92. The molecule has 0 radical (unpaired) electrons. The Morgan fingerprint density at radius 3 is 2.51 bits per heavy atom. The number of carbonyl (C=O) groups is 1. The van der Waals surface area contributed by atoms with Gasteiger partial charge in [0.05, 0.1) is 25.1 Å². The third-order valence-corrected chi connectivity index (χ3v) is 7.17. The Labute approximate surface area is 257 Å². The molecule has 0 N–H and O–H groups in total. The molecule has 45 heavy (non-hydrogen) atoms. The largest absolute Gasteiger partial charge is 0.494 e. The van der Waals surface area contributed by atoms with Gasteiger partial charge in [-0.2, -0.15) is 23.4 Å². The maximum absolute atomic E-state index is 14.5. The van der Waals surface area contributed by atoms with E-state index in [1.54, 1.807) is 18.3 Å². The minimum absolute atomic E-state index is 0.0950. The van der Waals surface area contributed by atoms with E-state index >= 15 is 0 Å². The molecule has 2 aromatic carbocycles. The van der Waals surface area contributed by atoms with E-state index in [0.717, 1.165) is 41.6 Å². The first-order valence-electron chi connectivity index (χ1n) is 14.4. The number of aryl methyl sites for hydroxylation is 4. The molecule has 234 valence electrons. The van der Waals surface area contributed by atoms with Crippen molar-refractivity contribution in [3.05, 3.63) is 113 Å². The van der Waals surface area contributed by atoms with Gasteiger partial charge in [0.25, 0.3) is 0 Å². The Morgan fingerprint density at radius 1 is 0.978 bits per heavy atom. The lowest BCUT2D eigenvalue weighted by atomic mass is 9.95. The molecule has 3 heterocycles. The number of alkyl halides is 3. The van der Waals surface area contributed by atoms with Crippen molar-refractivity contribution in [3.63, 3.8) is 0 Å². The lowest BCUT2D eigenvalue weighted by Gasteiger charge is -2.14. The highest BCUT2D eigenvalue weighted by Crippen LogP contribution is 2.34. The van der Waals surface area contributed by atoms with Crippen LogP contribution in [0.1, 0.15) is 46.1 Å². The maximum Gasteiger partial charge on any atom is 0.434 e. The van der Waals surface area contributed by atoms with Crippen LogP contribution >= 0.6 is 0 Å². The molecule has 0 atom stereocenters. The van der Waals surface area contributed by atoms with Crippen molar-refractivity contribution < 1.29 is 31.8 Å². The zero-order chi connectivity index (χ0) is 32.0. The number of rotatable bonds is 12. The molecule has 0 saturated carbocycles. The summed E-state index contributed by atoms with van der Waals surface area (Å²) in [4.78, 5) is 16.6. The number of carbonyl (C=O) groups excluding carboxylic acids is 1. The molecule has 5 aromatic rings. The smallest absolute Gasteiger partial charge is 0.434 e. The highest BCUT2D eigenvalue weighted by Gasteiger charge is 2.41. The van der Waals surface area contributed by atoms with Crippen molar-refractivity contribution in [2.24, 2.45) is 0 Å². The van der Waals surface area contributed by atoms with E-state index in [9.17, 15) is 22.4 Å². The van der Waals surface area contributed by atoms with E-state index in [2.05, 4.69) is 15.2 Å². The van der Waals surface area contributed by atoms with Crippen LogP contribution in [0.5, 0.6) is 5.75 Å². The fourth-order valence-electron chi connectivity index (χ4n) is 5.01. The predicted molar refractivity (Wildman–Crippen MR) is 159 cm³/mol. The number of nitrogens with zero attached hydrogens (tertiary/aromatic N) is 5. The Kier molecular flexibility index (Phi) is 9.60. The second-order valence-corrected chi connectivity index (χ2v) is 10.3. The molecule has 0 amide bonds. The summed E-state index contributed by atoms with van der Waals surface area (Å²) >= 11 is 0. The third kappa shape index (κ3) is 7.57. The average molecular weight is 622 g/mol. The molecule has 0 spiro atoms. The molecule has 0 bridgehead atoms. The van der Waals surface area contributed by atoms with Crippen LogP contribution in [0.4, 0.5) is 17.6 Å². The van der Waals surface area contributed by atoms with Crippen molar-refractivity contribution in [1.82, 2.24) is 24.5 Å². The SMILES string of the molecule is CCOC(=O)c1cnn(-c2cccc(-c3cc(F)ccc3CCc3ccc(OCCCn4cccn4)cc3C)n2)c1C(F)(F)F. The van der Waals surface area contributed by atoms with Crippen LogP contribution < -0.4 is 4.74 Å². The first-order valence-corrected chi connectivity index (χ1v) is 14.4. The Hall–Kier alpha value is -5.00. The van der Waals surface area contributed by atoms with E-state index in [1.807, 2.05) is 42.1 Å². The number of benzene rings is 2. The summed E-state index contributed by atoms with van der Waals surface area (Å²) < 4.78 is 69.7. The quantitative estimate of drug-likeness (QED) is 0.0846. The van der Waals surface area contributed by atoms with Gasteiger partial charge >= 0.3 is 12.1 Å². The standard InChI is InChI=1S/C33H31F4N5O3/c1-3-44-32(43)28-21-39-42(31(28)33(35,36)37)30-8-4-7-29(40-30)27-20-25(34)13-11-24(27)10-9-23-12-14-26(19-22(23)2)45-18-6-17-41-16-5-15-38-41/h4-5,7-8,11-16,19-21H,3,6,9-10,17-18H2,1-2H3. The molecule has 0 aliphatic carbocycles. The number of ether oxygens (including phenoxy) is 2. The molecular formula is C33H31F4N5O3. The van der Waals surface area contributed by atoms with Gasteiger partial charge in [-0.3, -0.25) is 4.68 Å². The number of hydrogen-bond acceptors (Lipinski definition) is 6. The highest BCUT2D eigenvalue weighted by atomic mass is 19.4. The summed E-state index contributed by atoms with van der Waals surface area (Å²) in [5, 5.41) is 7.98. The van der Waals surface area contributed by atoms with Crippen LogP contribution in [-0.2, 0) is 30.3 Å². The zero-order valence-corrected chi connectivity index (χ0v) is 24.7. The molecule has 3 aromatic heterocycles. The van der Waals surface area contributed by atoms with Crippen LogP contribution in [0.3, 0.4) is 0 Å². The second-order valence-electron chi connectivity index (χ2n) is 10.3. The highest BCUT2D eigenvalue weighted by molar-refractivity contribution is 5.90. The lowest BCUT2D eigenvalue weighted by Crippen LogP contribution is -2.19. The van der Waals surface area contributed by atoms with Crippen LogP contribution in [0.25, 0.3) is 17.1 Å². The topological polar surface area (TPSA) is 84.1 Å². The second kappa shape index (κ2) is 13.7. The van der Waals surface area contributed by atoms with E-state index in [1.165, 1.54) is 31.2 Å². The zero-order valence-electron chi connectivity index (χ0n) is 24.7. The van der Waals surface area contributed by atoms with E-state index in [-0.39, 0.29) is 18.1 Å². The van der Waals surface area contributed by atoms with Crippen LogP contribution in [0, 0.1) is 12.7 Å². The van der Waals surface area contributed by atoms with Crippen LogP contribution in [-0.4, -0.2) is 43.7 Å². The van der Waals surface area contributed by atoms with Crippen LogP contribution in [0.2, 0.25) is 0 Å². The monoisotopic (exact) mass is 621 g/mol. The van der Waals surface area contributed by atoms with Gasteiger partial charge in [-0.1, -0.05) is 18.2 Å². The number of pyridine rings is 1. The van der Waals surface area contributed by atoms with Crippen molar-refractivity contribution in [2.45, 2.75) is 45.8 Å². The Balaban J connectivity index is 1.34. The fraction of sp³-hybridized carbons (Fsp3) is 0.273. The normalized spacial score (nSPS) is 11.5. The summed E-state index contributed by atoms with van der Waals surface area (Å²) in [7, 11) is 0. The number of halogens is 4.